The third-order valence-corrected chi connectivity index (χ3v) is 3.03. The average Bonchev–Trinajstić information content (AvgIpc) is 2.98. The van der Waals surface area contributed by atoms with E-state index in [4.69, 9.17) is 9.26 Å². The van der Waals surface area contributed by atoms with Crippen LogP contribution in [0, 0.1) is 16.0 Å². The second-order valence-corrected chi connectivity index (χ2v) is 5.42. The molecule has 0 N–H and O–H groups in total. The summed E-state index contributed by atoms with van der Waals surface area (Å²) in [5, 5.41) is 14.9. The van der Waals surface area contributed by atoms with E-state index in [0.717, 1.165) is 6.07 Å². The van der Waals surface area contributed by atoms with Crippen LogP contribution in [0.25, 0.3) is 0 Å². The lowest BCUT2D eigenvalue weighted by atomic mass is 10.1. The van der Waals surface area contributed by atoms with E-state index in [2.05, 4.69) is 14.9 Å². The molecule has 2 rings (SSSR count). The monoisotopic (exact) mass is 335 g/mol. The minimum absolute atomic E-state index is 0.00265. The van der Waals surface area contributed by atoms with Crippen LogP contribution in [0.5, 0.6) is 5.75 Å². The molecule has 128 valence electrons. The molecule has 0 amide bonds. The number of methoxy groups -OCH3 is 1. The Kier molecular flexibility index (Phi) is 5.46. The van der Waals surface area contributed by atoms with Crippen molar-refractivity contribution in [2.75, 3.05) is 7.11 Å². The van der Waals surface area contributed by atoms with Crippen LogP contribution in [0.15, 0.2) is 22.7 Å². The van der Waals surface area contributed by atoms with Crippen molar-refractivity contribution < 1.29 is 23.7 Å². The van der Waals surface area contributed by atoms with E-state index in [0.29, 0.717) is 18.2 Å². The molecule has 1 aromatic heterocycles. The molecular formula is C15H17N3O6. The summed E-state index contributed by atoms with van der Waals surface area (Å²) in [7, 11) is 1.20. The fourth-order valence-corrected chi connectivity index (χ4v) is 1.95. The van der Waals surface area contributed by atoms with Gasteiger partial charge >= 0.3 is 11.7 Å². The van der Waals surface area contributed by atoms with E-state index in [1.807, 2.05) is 13.8 Å². The smallest absolute Gasteiger partial charge is 0.338 e. The van der Waals surface area contributed by atoms with Crippen LogP contribution in [-0.2, 0) is 17.8 Å². The lowest BCUT2D eigenvalue weighted by molar-refractivity contribution is -0.386. The van der Waals surface area contributed by atoms with E-state index < -0.39 is 10.9 Å². The maximum Gasteiger partial charge on any atom is 0.338 e. The van der Waals surface area contributed by atoms with Gasteiger partial charge in [-0.15, -0.1) is 0 Å². The lowest BCUT2D eigenvalue weighted by Crippen LogP contribution is -2.05. The molecule has 0 unspecified atom stereocenters. The number of nitro benzene ring substituents is 1. The summed E-state index contributed by atoms with van der Waals surface area (Å²) in [5.41, 5.74) is -0.279. The molecule has 0 aliphatic carbocycles. The number of carbonyl (C=O) groups is 1. The van der Waals surface area contributed by atoms with Crippen molar-refractivity contribution in [3.05, 3.63) is 45.6 Å². The molecule has 0 bridgehead atoms. The highest BCUT2D eigenvalue weighted by Gasteiger charge is 2.20. The van der Waals surface area contributed by atoms with Crippen molar-refractivity contribution in [2.45, 2.75) is 26.9 Å². The topological polar surface area (TPSA) is 118 Å². The van der Waals surface area contributed by atoms with Gasteiger partial charge in [0, 0.05) is 12.5 Å². The van der Waals surface area contributed by atoms with E-state index in [1.54, 1.807) is 0 Å². The SMILES string of the molecule is COC(=O)c1ccc(OCc2noc(CC(C)C)n2)c([N+](=O)[O-])c1. The quantitative estimate of drug-likeness (QED) is 0.430. The molecule has 9 nitrogen and oxygen atoms in total. The Morgan fingerprint density at radius 2 is 2.17 bits per heavy atom. The number of aromatic nitrogens is 2. The summed E-state index contributed by atoms with van der Waals surface area (Å²) in [6, 6.07) is 3.82. The second kappa shape index (κ2) is 7.53. The van der Waals surface area contributed by atoms with Gasteiger partial charge in [-0.25, -0.2) is 4.79 Å². The van der Waals surface area contributed by atoms with Gasteiger partial charge in [-0.1, -0.05) is 19.0 Å². The molecular weight excluding hydrogens is 318 g/mol. The van der Waals surface area contributed by atoms with Crippen molar-refractivity contribution in [3.63, 3.8) is 0 Å². The van der Waals surface area contributed by atoms with Crippen LogP contribution in [0.2, 0.25) is 0 Å². The molecule has 0 aliphatic rings. The predicted molar refractivity (Wildman–Crippen MR) is 81.6 cm³/mol. The van der Waals surface area contributed by atoms with Gasteiger partial charge in [0.25, 0.3) is 0 Å². The molecule has 0 atom stereocenters. The summed E-state index contributed by atoms with van der Waals surface area (Å²) < 4.78 is 15.0. The molecule has 9 heteroatoms. The zero-order valence-corrected chi connectivity index (χ0v) is 13.5. The largest absolute Gasteiger partial charge is 0.478 e. The van der Waals surface area contributed by atoms with E-state index in [9.17, 15) is 14.9 Å². The van der Waals surface area contributed by atoms with Crippen LogP contribution in [-0.4, -0.2) is 28.1 Å². The number of carbonyl (C=O) groups excluding carboxylic acids is 1. The maximum atomic E-state index is 11.5. The number of hydrogen-bond acceptors (Lipinski definition) is 8. The van der Waals surface area contributed by atoms with E-state index >= 15 is 0 Å². The molecule has 0 fully saturated rings. The number of esters is 1. The number of benzene rings is 1. The van der Waals surface area contributed by atoms with Crippen molar-refractivity contribution in [1.29, 1.82) is 0 Å². The zero-order chi connectivity index (χ0) is 17.7. The van der Waals surface area contributed by atoms with Crippen molar-refractivity contribution >= 4 is 11.7 Å². The summed E-state index contributed by atoms with van der Waals surface area (Å²) in [4.78, 5) is 26.1. The summed E-state index contributed by atoms with van der Waals surface area (Å²) in [6.45, 7) is 3.96. The van der Waals surface area contributed by atoms with E-state index in [1.165, 1.54) is 19.2 Å². The van der Waals surface area contributed by atoms with Crippen LogP contribution in [0.1, 0.15) is 35.9 Å². The Morgan fingerprint density at radius 1 is 1.42 bits per heavy atom. The lowest BCUT2D eigenvalue weighted by Gasteiger charge is -2.06. The second-order valence-electron chi connectivity index (χ2n) is 5.42. The van der Waals surface area contributed by atoms with Gasteiger partial charge < -0.3 is 14.0 Å². The van der Waals surface area contributed by atoms with Crippen molar-refractivity contribution in [1.82, 2.24) is 10.1 Å². The number of nitrogens with zero attached hydrogens (tertiary/aromatic N) is 3. The third-order valence-electron chi connectivity index (χ3n) is 3.03. The first-order valence-corrected chi connectivity index (χ1v) is 7.21. The first-order valence-electron chi connectivity index (χ1n) is 7.21. The van der Waals surface area contributed by atoms with Gasteiger partial charge in [-0.05, 0) is 18.1 Å². The third kappa shape index (κ3) is 4.28. The molecule has 2 aromatic rings. The normalized spacial score (nSPS) is 10.7. The highest BCUT2D eigenvalue weighted by Crippen LogP contribution is 2.28. The number of nitro groups is 1. The Balaban J connectivity index is 2.13. The number of rotatable bonds is 7. The van der Waals surface area contributed by atoms with Gasteiger partial charge in [-0.3, -0.25) is 10.1 Å². The van der Waals surface area contributed by atoms with Gasteiger partial charge in [0.05, 0.1) is 17.6 Å². The summed E-state index contributed by atoms with van der Waals surface area (Å²) in [6.07, 6.45) is 0.640. The first-order chi connectivity index (χ1) is 11.4. The maximum absolute atomic E-state index is 11.5. The summed E-state index contributed by atoms with van der Waals surface area (Å²) in [5.74, 6) is 0.478. The van der Waals surface area contributed by atoms with Crippen LogP contribution in [0.3, 0.4) is 0 Å². The van der Waals surface area contributed by atoms with Gasteiger partial charge in [-0.2, -0.15) is 4.98 Å². The Morgan fingerprint density at radius 3 is 2.79 bits per heavy atom. The van der Waals surface area contributed by atoms with Gasteiger partial charge in [0.1, 0.15) is 0 Å². The van der Waals surface area contributed by atoms with E-state index in [-0.39, 0.29) is 29.4 Å². The van der Waals surface area contributed by atoms with Crippen molar-refractivity contribution in [3.8, 4) is 5.75 Å². The predicted octanol–water partition coefficient (Wildman–Crippen LogP) is 2.54. The average molecular weight is 335 g/mol. The van der Waals surface area contributed by atoms with Crippen LogP contribution in [0.4, 0.5) is 5.69 Å². The molecule has 0 aliphatic heterocycles. The van der Waals surface area contributed by atoms with Gasteiger partial charge in [0.15, 0.2) is 12.4 Å². The fraction of sp³-hybridized carbons (Fsp3) is 0.400. The Hall–Kier alpha value is -2.97. The fourth-order valence-electron chi connectivity index (χ4n) is 1.95. The van der Waals surface area contributed by atoms with Crippen LogP contribution >= 0.6 is 0 Å². The molecule has 0 radical (unpaired) electrons. The molecule has 24 heavy (non-hydrogen) atoms. The minimum Gasteiger partial charge on any atom is -0.478 e. The zero-order valence-electron chi connectivity index (χ0n) is 13.5. The molecule has 0 spiro atoms. The van der Waals surface area contributed by atoms with Crippen LogP contribution < -0.4 is 4.74 Å². The van der Waals surface area contributed by atoms with Gasteiger partial charge in [0.2, 0.25) is 11.7 Å². The Labute approximate surface area is 137 Å². The summed E-state index contributed by atoms with van der Waals surface area (Å²) >= 11 is 0. The number of ether oxygens (including phenoxy) is 2. The van der Waals surface area contributed by atoms with Crippen molar-refractivity contribution in [2.24, 2.45) is 5.92 Å². The Bertz CT molecular complexity index is 741. The molecule has 1 aromatic carbocycles. The molecule has 0 saturated carbocycles. The molecule has 0 saturated heterocycles. The minimum atomic E-state index is -0.666. The highest BCUT2D eigenvalue weighted by atomic mass is 16.6. The first kappa shape index (κ1) is 17.4. The standard InChI is InChI=1S/C15H17N3O6/c1-9(2)6-14-16-13(17-24-14)8-23-12-5-4-10(15(19)22-3)7-11(12)18(20)21/h4-5,7,9H,6,8H2,1-3H3. The number of hydrogen-bond donors (Lipinski definition) is 0. The molecule has 1 heterocycles. The highest BCUT2D eigenvalue weighted by molar-refractivity contribution is 5.90.